The van der Waals surface area contributed by atoms with E-state index in [1.807, 2.05) is 0 Å². The zero-order valence-electron chi connectivity index (χ0n) is 11.7. The average molecular weight is 360 g/mol. The van der Waals surface area contributed by atoms with Crippen LogP contribution in [0.4, 0.5) is 0 Å². The first-order valence-electron chi connectivity index (χ1n) is 6.79. The maximum Gasteiger partial charge on any atom is 0.0298 e. The third-order valence-electron chi connectivity index (χ3n) is 3.76. The van der Waals surface area contributed by atoms with E-state index in [9.17, 15) is 0 Å². The molecule has 0 bridgehead atoms. The molecule has 1 N–H and O–H groups in total. The van der Waals surface area contributed by atoms with Crippen LogP contribution in [0.25, 0.3) is 0 Å². The van der Waals surface area contributed by atoms with Gasteiger partial charge in [0.05, 0.1) is 0 Å². The summed E-state index contributed by atoms with van der Waals surface area (Å²) in [6.45, 7) is 4.71. The quantitative estimate of drug-likeness (QED) is 0.864. The second-order valence-corrected chi connectivity index (χ2v) is 9.09. The summed E-state index contributed by atoms with van der Waals surface area (Å²) >= 11 is 7.78. The van der Waals surface area contributed by atoms with E-state index >= 15 is 0 Å². The summed E-state index contributed by atoms with van der Waals surface area (Å²) in [7, 11) is 2.09. The topological polar surface area (TPSA) is 12.0 Å². The molecule has 0 radical (unpaired) electrons. The molecule has 1 nitrogen and oxygen atoms in total. The number of halogens is 1. The molecule has 0 amide bonds. The van der Waals surface area contributed by atoms with E-state index in [2.05, 4.69) is 89.9 Å². The Labute approximate surface area is 133 Å². The van der Waals surface area contributed by atoms with Gasteiger partial charge in [-0.1, -0.05) is 41.9 Å². The minimum Gasteiger partial charge on any atom is -0.316 e. The molecule has 4 atom stereocenters. The standard InChI is InChI=1S/C15H22BrNS2/c1-10-11(2)19-15(9-18-10)14(17-3)8-12-4-6-13(16)7-5-12/h4-7,10-11,14-15,17H,8-9H2,1-3H3. The molecule has 106 valence electrons. The third-order valence-corrected chi connectivity index (χ3v) is 7.84. The molecular formula is C15H22BrNS2. The fraction of sp³-hybridized carbons (Fsp3) is 0.600. The number of likely N-dealkylation sites (N-methyl/N-ethyl adjacent to an activating group) is 1. The van der Waals surface area contributed by atoms with Crippen LogP contribution in [-0.2, 0) is 6.42 Å². The SMILES string of the molecule is CNC(Cc1ccc(Br)cc1)C1CSC(C)C(C)S1. The predicted octanol–water partition coefficient (Wildman–Crippen LogP) is 4.21. The van der Waals surface area contributed by atoms with E-state index < -0.39 is 0 Å². The van der Waals surface area contributed by atoms with Crippen molar-refractivity contribution in [1.82, 2.24) is 5.32 Å². The number of hydrogen-bond acceptors (Lipinski definition) is 3. The lowest BCUT2D eigenvalue weighted by molar-refractivity contribution is 0.554. The van der Waals surface area contributed by atoms with Gasteiger partial charge in [-0.15, -0.1) is 0 Å². The lowest BCUT2D eigenvalue weighted by atomic mass is 10.0. The molecule has 2 rings (SSSR count). The molecule has 1 aromatic carbocycles. The smallest absolute Gasteiger partial charge is 0.0298 e. The van der Waals surface area contributed by atoms with Crippen LogP contribution in [0.1, 0.15) is 19.4 Å². The molecule has 0 saturated carbocycles. The third kappa shape index (κ3) is 4.42. The highest BCUT2D eigenvalue weighted by Gasteiger charge is 2.30. The minimum absolute atomic E-state index is 0.564. The number of thioether (sulfide) groups is 2. The Balaban J connectivity index is 1.98. The van der Waals surface area contributed by atoms with Crippen molar-refractivity contribution in [3.63, 3.8) is 0 Å². The summed E-state index contributed by atoms with van der Waals surface area (Å²) in [6.07, 6.45) is 1.11. The Morgan fingerprint density at radius 3 is 2.53 bits per heavy atom. The van der Waals surface area contributed by atoms with Gasteiger partial charge in [0, 0.05) is 32.0 Å². The predicted molar refractivity (Wildman–Crippen MR) is 93.5 cm³/mol. The summed E-state index contributed by atoms with van der Waals surface area (Å²) < 4.78 is 1.15. The highest BCUT2D eigenvalue weighted by atomic mass is 79.9. The van der Waals surface area contributed by atoms with Crippen LogP contribution < -0.4 is 5.32 Å². The van der Waals surface area contributed by atoms with Gasteiger partial charge < -0.3 is 5.32 Å². The lowest BCUT2D eigenvalue weighted by Crippen LogP contribution is -2.43. The van der Waals surface area contributed by atoms with Gasteiger partial charge in [0.2, 0.25) is 0 Å². The molecule has 19 heavy (non-hydrogen) atoms. The zero-order chi connectivity index (χ0) is 13.8. The van der Waals surface area contributed by atoms with Crippen LogP contribution >= 0.6 is 39.5 Å². The zero-order valence-corrected chi connectivity index (χ0v) is 14.9. The normalized spacial score (nSPS) is 29.2. The number of benzene rings is 1. The number of hydrogen-bond donors (Lipinski definition) is 1. The van der Waals surface area contributed by atoms with Crippen molar-refractivity contribution < 1.29 is 0 Å². The number of rotatable bonds is 4. The van der Waals surface area contributed by atoms with E-state index in [0.717, 1.165) is 21.4 Å². The van der Waals surface area contributed by atoms with E-state index in [0.29, 0.717) is 11.3 Å². The first-order valence-corrected chi connectivity index (χ1v) is 9.57. The highest BCUT2D eigenvalue weighted by molar-refractivity contribution is 9.10. The summed E-state index contributed by atoms with van der Waals surface area (Å²) in [5.74, 6) is 1.26. The summed E-state index contributed by atoms with van der Waals surface area (Å²) in [5.41, 5.74) is 1.42. The van der Waals surface area contributed by atoms with Crippen LogP contribution in [0, 0.1) is 0 Å². The second kappa shape index (κ2) is 7.39. The first-order chi connectivity index (χ1) is 9.10. The van der Waals surface area contributed by atoms with E-state index in [1.165, 1.54) is 11.3 Å². The van der Waals surface area contributed by atoms with Gasteiger partial charge in [-0.05, 0) is 31.2 Å². The Kier molecular flexibility index (Phi) is 6.12. The van der Waals surface area contributed by atoms with Crippen LogP contribution in [0.2, 0.25) is 0 Å². The van der Waals surface area contributed by atoms with Gasteiger partial charge in [-0.2, -0.15) is 23.5 Å². The van der Waals surface area contributed by atoms with Gasteiger partial charge in [-0.25, -0.2) is 0 Å². The molecule has 1 saturated heterocycles. The highest BCUT2D eigenvalue weighted by Crippen LogP contribution is 2.37. The summed E-state index contributed by atoms with van der Waals surface area (Å²) in [6, 6.07) is 9.28. The van der Waals surface area contributed by atoms with Gasteiger partial charge >= 0.3 is 0 Å². The maximum atomic E-state index is 3.52. The van der Waals surface area contributed by atoms with E-state index in [-0.39, 0.29) is 0 Å². The Morgan fingerprint density at radius 1 is 1.26 bits per heavy atom. The summed E-state index contributed by atoms with van der Waals surface area (Å²) in [5, 5.41) is 5.78. The van der Waals surface area contributed by atoms with Crippen molar-refractivity contribution >= 4 is 39.5 Å². The van der Waals surface area contributed by atoms with Crippen molar-refractivity contribution in [2.75, 3.05) is 12.8 Å². The maximum absolute atomic E-state index is 3.52. The van der Waals surface area contributed by atoms with Gasteiger partial charge in [0.15, 0.2) is 0 Å². The molecule has 0 aliphatic carbocycles. The minimum atomic E-state index is 0.564. The van der Waals surface area contributed by atoms with Crippen LogP contribution in [0.5, 0.6) is 0 Å². The molecule has 1 aliphatic rings. The summed E-state index contributed by atoms with van der Waals surface area (Å²) in [4.78, 5) is 0. The molecule has 0 aromatic heterocycles. The average Bonchev–Trinajstić information content (AvgIpc) is 2.41. The first kappa shape index (κ1) is 15.7. The molecular weight excluding hydrogens is 338 g/mol. The van der Waals surface area contributed by atoms with Gasteiger partial charge in [-0.3, -0.25) is 0 Å². The van der Waals surface area contributed by atoms with Crippen molar-refractivity contribution in [3.8, 4) is 0 Å². The fourth-order valence-electron chi connectivity index (χ4n) is 2.31. The van der Waals surface area contributed by atoms with Crippen LogP contribution in [0.15, 0.2) is 28.7 Å². The van der Waals surface area contributed by atoms with E-state index in [4.69, 9.17) is 0 Å². The molecule has 4 heteroatoms. The molecule has 4 unspecified atom stereocenters. The lowest BCUT2D eigenvalue weighted by Gasteiger charge is -2.36. The number of nitrogens with one attached hydrogen (secondary N) is 1. The molecule has 0 spiro atoms. The molecule has 1 aromatic rings. The van der Waals surface area contributed by atoms with Crippen molar-refractivity contribution in [1.29, 1.82) is 0 Å². The second-order valence-electron chi connectivity index (χ2n) is 5.14. The Bertz CT molecular complexity index is 396. The van der Waals surface area contributed by atoms with Gasteiger partial charge in [0.25, 0.3) is 0 Å². The van der Waals surface area contributed by atoms with Crippen LogP contribution in [-0.4, -0.2) is 34.6 Å². The van der Waals surface area contributed by atoms with Crippen molar-refractivity contribution in [2.45, 2.75) is 42.1 Å². The Hall–Kier alpha value is 0.360. The molecule has 1 aliphatic heterocycles. The fourth-order valence-corrected chi connectivity index (χ4v) is 5.75. The largest absolute Gasteiger partial charge is 0.316 e. The monoisotopic (exact) mass is 359 g/mol. The van der Waals surface area contributed by atoms with Crippen LogP contribution in [0.3, 0.4) is 0 Å². The van der Waals surface area contributed by atoms with Crippen molar-refractivity contribution in [2.24, 2.45) is 0 Å². The molecule has 1 heterocycles. The van der Waals surface area contributed by atoms with Gasteiger partial charge in [0.1, 0.15) is 0 Å². The Morgan fingerprint density at radius 2 is 1.95 bits per heavy atom. The molecule has 1 fully saturated rings. The van der Waals surface area contributed by atoms with E-state index in [1.54, 1.807) is 0 Å². The van der Waals surface area contributed by atoms with Crippen molar-refractivity contribution in [3.05, 3.63) is 34.3 Å².